The number of nitrogens with one attached hydrogen (secondary N) is 1. The first kappa shape index (κ1) is 14.1. The lowest BCUT2D eigenvalue weighted by Crippen LogP contribution is -2.52. The number of piperidine rings is 1. The van der Waals surface area contributed by atoms with Crippen LogP contribution in [0.4, 0.5) is 10.1 Å². The Balaban J connectivity index is 2.15. The van der Waals surface area contributed by atoms with Crippen molar-refractivity contribution < 1.29 is 9.13 Å². The Hall–Kier alpha value is -1.29. The Morgan fingerprint density at radius 3 is 2.74 bits per heavy atom. The molecule has 0 bridgehead atoms. The Bertz CT molecular complexity index is 448. The van der Waals surface area contributed by atoms with E-state index >= 15 is 0 Å². The van der Waals surface area contributed by atoms with Gasteiger partial charge in [0.15, 0.2) is 11.6 Å². The smallest absolute Gasteiger partial charge is 0.167 e. The number of rotatable bonds is 3. The van der Waals surface area contributed by atoms with Gasteiger partial charge in [0.1, 0.15) is 0 Å². The van der Waals surface area contributed by atoms with Crippen LogP contribution >= 0.6 is 0 Å². The number of halogens is 1. The molecule has 1 heterocycles. The van der Waals surface area contributed by atoms with Gasteiger partial charge in [-0.05, 0) is 45.4 Å². The molecule has 0 aromatic heterocycles. The molecule has 1 saturated heterocycles. The standard InChI is InChI=1S/C15H23FN2O/c1-15(2)10-12(7-8-17-15)18(3)11-5-6-14(19-4)13(16)9-11/h5-6,9,12,17H,7-8,10H2,1-4H3. The number of nitrogens with zero attached hydrogens (tertiary/aromatic N) is 1. The first-order valence-electron chi connectivity index (χ1n) is 6.74. The summed E-state index contributed by atoms with van der Waals surface area (Å²) in [5.41, 5.74) is 1.04. The van der Waals surface area contributed by atoms with Crippen molar-refractivity contribution in [2.75, 3.05) is 25.6 Å². The van der Waals surface area contributed by atoms with Crippen LogP contribution in [0.3, 0.4) is 0 Å². The first-order valence-corrected chi connectivity index (χ1v) is 6.74. The van der Waals surface area contributed by atoms with E-state index in [4.69, 9.17) is 4.74 Å². The normalized spacial score (nSPS) is 22.1. The zero-order valence-corrected chi connectivity index (χ0v) is 12.2. The molecular formula is C15H23FN2O. The van der Waals surface area contributed by atoms with Gasteiger partial charge in [-0.3, -0.25) is 0 Å². The summed E-state index contributed by atoms with van der Waals surface area (Å²) in [5.74, 6) is -0.0113. The summed E-state index contributed by atoms with van der Waals surface area (Å²) in [6, 6.07) is 5.59. The third-order valence-corrected chi connectivity index (χ3v) is 3.92. The maximum Gasteiger partial charge on any atom is 0.167 e. The van der Waals surface area contributed by atoms with E-state index in [1.807, 2.05) is 13.1 Å². The van der Waals surface area contributed by atoms with E-state index in [-0.39, 0.29) is 11.4 Å². The van der Waals surface area contributed by atoms with Crippen LogP contribution in [0.2, 0.25) is 0 Å². The number of hydrogen-bond acceptors (Lipinski definition) is 3. The van der Waals surface area contributed by atoms with Crippen LogP contribution in [0.15, 0.2) is 18.2 Å². The number of anilines is 1. The number of hydrogen-bond donors (Lipinski definition) is 1. The van der Waals surface area contributed by atoms with E-state index in [2.05, 4.69) is 24.1 Å². The van der Waals surface area contributed by atoms with Gasteiger partial charge < -0.3 is 15.0 Å². The Morgan fingerprint density at radius 1 is 1.42 bits per heavy atom. The van der Waals surface area contributed by atoms with Gasteiger partial charge in [-0.2, -0.15) is 0 Å². The van der Waals surface area contributed by atoms with E-state index in [9.17, 15) is 4.39 Å². The third kappa shape index (κ3) is 3.18. The molecular weight excluding hydrogens is 243 g/mol. The fraction of sp³-hybridized carbons (Fsp3) is 0.600. The predicted octanol–water partition coefficient (Wildman–Crippen LogP) is 2.80. The monoisotopic (exact) mass is 266 g/mol. The molecule has 3 nitrogen and oxygen atoms in total. The van der Waals surface area contributed by atoms with Gasteiger partial charge >= 0.3 is 0 Å². The molecule has 1 unspecified atom stereocenters. The lowest BCUT2D eigenvalue weighted by molar-refractivity contribution is 0.271. The fourth-order valence-corrected chi connectivity index (χ4v) is 2.76. The second-order valence-electron chi connectivity index (χ2n) is 5.89. The summed E-state index contributed by atoms with van der Waals surface area (Å²) in [5, 5.41) is 3.50. The predicted molar refractivity (Wildman–Crippen MR) is 76.5 cm³/mol. The highest BCUT2D eigenvalue weighted by atomic mass is 19.1. The molecule has 1 aromatic carbocycles. The van der Waals surface area contributed by atoms with Gasteiger partial charge in [0, 0.05) is 30.4 Å². The molecule has 1 aliphatic heterocycles. The summed E-state index contributed by atoms with van der Waals surface area (Å²) >= 11 is 0. The maximum absolute atomic E-state index is 13.8. The summed E-state index contributed by atoms with van der Waals surface area (Å²) in [4.78, 5) is 2.17. The van der Waals surface area contributed by atoms with Gasteiger partial charge in [0.2, 0.25) is 0 Å². The second-order valence-corrected chi connectivity index (χ2v) is 5.89. The Kier molecular flexibility index (Phi) is 3.99. The molecule has 1 atom stereocenters. The molecule has 1 N–H and O–H groups in total. The van der Waals surface area contributed by atoms with Crippen LogP contribution in [-0.2, 0) is 0 Å². The van der Waals surface area contributed by atoms with Gasteiger partial charge in [-0.25, -0.2) is 4.39 Å². The van der Waals surface area contributed by atoms with Gasteiger partial charge in [0.05, 0.1) is 7.11 Å². The lowest BCUT2D eigenvalue weighted by atomic mass is 9.88. The molecule has 19 heavy (non-hydrogen) atoms. The molecule has 2 rings (SSSR count). The average molecular weight is 266 g/mol. The minimum atomic E-state index is -0.306. The zero-order chi connectivity index (χ0) is 14.0. The fourth-order valence-electron chi connectivity index (χ4n) is 2.76. The van der Waals surface area contributed by atoms with E-state index in [0.29, 0.717) is 11.8 Å². The minimum absolute atomic E-state index is 0.141. The molecule has 1 fully saturated rings. The topological polar surface area (TPSA) is 24.5 Å². The Morgan fingerprint density at radius 2 is 2.16 bits per heavy atom. The quantitative estimate of drug-likeness (QED) is 0.910. The highest BCUT2D eigenvalue weighted by Crippen LogP contribution is 2.28. The Labute approximate surface area is 114 Å². The average Bonchev–Trinajstić information content (AvgIpc) is 2.36. The summed E-state index contributed by atoms with van der Waals surface area (Å²) < 4.78 is 18.7. The van der Waals surface area contributed by atoms with Crippen molar-refractivity contribution >= 4 is 5.69 Å². The minimum Gasteiger partial charge on any atom is -0.494 e. The van der Waals surface area contributed by atoms with Gasteiger partial charge in [0.25, 0.3) is 0 Å². The van der Waals surface area contributed by atoms with Crippen LogP contribution in [0.1, 0.15) is 26.7 Å². The van der Waals surface area contributed by atoms with Gasteiger partial charge in [-0.15, -0.1) is 0 Å². The zero-order valence-electron chi connectivity index (χ0n) is 12.2. The summed E-state index contributed by atoms with van der Waals surface area (Å²) in [7, 11) is 3.52. The number of methoxy groups -OCH3 is 1. The van der Waals surface area contributed by atoms with Crippen LogP contribution < -0.4 is 15.0 Å². The van der Waals surface area contributed by atoms with Crippen molar-refractivity contribution in [2.24, 2.45) is 0 Å². The summed E-state index contributed by atoms with van der Waals surface area (Å²) in [6.45, 7) is 5.42. The molecule has 106 valence electrons. The van der Waals surface area contributed by atoms with E-state index in [1.165, 1.54) is 7.11 Å². The largest absolute Gasteiger partial charge is 0.494 e. The highest BCUT2D eigenvalue weighted by Gasteiger charge is 2.29. The van der Waals surface area contributed by atoms with Crippen molar-refractivity contribution in [2.45, 2.75) is 38.3 Å². The van der Waals surface area contributed by atoms with Crippen molar-refractivity contribution in [1.82, 2.24) is 5.32 Å². The van der Waals surface area contributed by atoms with Crippen LogP contribution in [0, 0.1) is 5.82 Å². The maximum atomic E-state index is 13.8. The number of ether oxygens (including phenoxy) is 1. The van der Waals surface area contributed by atoms with Crippen LogP contribution in [-0.4, -0.2) is 32.3 Å². The molecule has 0 saturated carbocycles. The highest BCUT2D eigenvalue weighted by molar-refractivity contribution is 5.50. The SMILES string of the molecule is COc1ccc(N(C)C2CCNC(C)(C)C2)cc1F. The number of benzene rings is 1. The molecule has 4 heteroatoms. The van der Waals surface area contributed by atoms with Crippen molar-refractivity contribution in [3.63, 3.8) is 0 Å². The lowest BCUT2D eigenvalue weighted by Gasteiger charge is -2.41. The molecule has 0 radical (unpaired) electrons. The van der Waals surface area contributed by atoms with Crippen molar-refractivity contribution in [3.05, 3.63) is 24.0 Å². The van der Waals surface area contributed by atoms with Gasteiger partial charge in [-0.1, -0.05) is 0 Å². The molecule has 0 amide bonds. The molecule has 1 aromatic rings. The van der Waals surface area contributed by atoms with E-state index < -0.39 is 0 Å². The first-order chi connectivity index (χ1) is 8.93. The van der Waals surface area contributed by atoms with Crippen LogP contribution in [0.5, 0.6) is 5.75 Å². The van der Waals surface area contributed by atoms with Crippen molar-refractivity contribution in [1.29, 1.82) is 0 Å². The summed E-state index contributed by atoms with van der Waals surface area (Å²) in [6.07, 6.45) is 2.13. The van der Waals surface area contributed by atoms with Crippen LogP contribution in [0.25, 0.3) is 0 Å². The second kappa shape index (κ2) is 5.37. The van der Waals surface area contributed by atoms with Crippen molar-refractivity contribution in [3.8, 4) is 5.75 Å². The third-order valence-electron chi connectivity index (χ3n) is 3.92. The van der Waals surface area contributed by atoms with E-state index in [0.717, 1.165) is 25.1 Å². The molecule has 1 aliphatic rings. The molecule has 0 aliphatic carbocycles. The van der Waals surface area contributed by atoms with E-state index in [1.54, 1.807) is 12.1 Å². The molecule has 0 spiro atoms.